The second kappa shape index (κ2) is 9.51. The van der Waals surface area contributed by atoms with Gasteiger partial charge in [0.1, 0.15) is 0 Å². The minimum Gasteiger partial charge on any atom is -0.366 e. The summed E-state index contributed by atoms with van der Waals surface area (Å²) in [5, 5.41) is 0. The third-order valence-electron chi connectivity index (χ3n) is 7.80. The van der Waals surface area contributed by atoms with Crippen LogP contribution in [0.5, 0.6) is 0 Å². The molecule has 2 saturated heterocycles. The maximum atomic E-state index is 12.3. The van der Waals surface area contributed by atoms with Crippen LogP contribution < -0.4 is 5.73 Å². The summed E-state index contributed by atoms with van der Waals surface area (Å²) < 4.78 is 0. The zero-order valence-corrected chi connectivity index (χ0v) is 18.4. The molecule has 0 radical (unpaired) electrons. The van der Waals surface area contributed by atoms with Crippen LogP contribution in [-0.2, 0) is 4.79 Å². The Bertz CT molecular complexity index is 745. The van der Waals surface area contributed by atoms with E-state index < -0.39 is 0 Å². The molecule has 30 heavy (non-hydrogen) atoms. The maximum absolute atomic E-state index is 12.3. The molecule has 164 valence electrons. The molecule has 4 rings (SSSR count). The Kier molecular flexibility index (Phi) is 6.77. The summed E-state index contributed by atoms with van der Waals surface area (Å²) >= 11 is 0. The Balaban J connectivity index is 1.35. The van der Waals surface area contributed by atoms with Crippen molar-refractivity contribution in [2.75, 3.05) is 19.6 Å². The first-order valence-electron chi connectivity index (χ1n) is 11.9. The summed E-state index contributed by atoms with van der Waals surface area (Å²) in [5.41, 5.74) is 7.35. The number of fused-ring (bicyclic) bond motifs is 2. The van der Waals surface area contributed by atoms with Crippen molar-refractivity contribution >= 4 is 11.8 Å². The van der Waals surface area contributed by atoms with Gasteiger partial charge >= 0.3 is 0 Å². The molecule has 1 aromatic carbocycles. The zero-order chi connectivity index (χ0) is 21.1. The number of hydrogen-bond donors (Lipinski definition) is 1. The predicted octanol–water partition coefficient (Wildman–Crippen LogP) is 3.92. The lowest BCUT2D eigenvalue weighted by atomic mass is 9.84. The first kappa shape index (κ1) is 21.4. The molecule has 3 fully saturated rings. The number of piperidine rings is 1. The average Bonchev–Trinajstić information content (AvgIpc) is 2.98. The summed E-state index contributed by atoms with van der Waals surface area (Å²) in [4.78, 5) is 28.6. The fourth-order valence-corrected chi connectivity index (χ4v) is 6.15. The molecule has 0 aromatic heterocycles. The van der Waals surface area contributed by atoms with Gasteiger partial charge in [-0.25, -0.2) is 0 Å². The van der Waals surface area contributed by atoms with Crippen molar-refractivity contribution in [3.8, 4) is 0 Å². The van der Waals surface area contributed by atoms with Gasteiger partial charge in [-0.05, 0) is 68.1 Å². The van der Waals surface area contributed by atoms with Crippen molar-refractivity contribution < 1.29 is 9.59 Å². The van der Waals surface area contributed by atoms with Gasteiger partial charge in [-0.2, -0.15) is 0 Å². The topological polar surface area (TPSA) is 66.6 Å². The molecule has 2 aliphatic heterocycles. The smallest absolute Gasteiger partial charge is 0.248 e. The first-order chi connectivity index (χ1) is 14.5. The number of nitrogens with zero attached hydrogens (tertiary/aromatic N) is 2. The van der Waals surface area contributed by atoms with Crippen LogP contribution in [0, 0.1) is 5.92 Å². The molecule has 1 aliphatic carbocycles. The third-order valence-corrected chi connectivity index (χ3v) is 7.80. The fourth-order valence-electron chi connectivity index (χ4n) is 6.15. The molecule has 2 heterocycles. The van der Waals surface area contributed by atoms with Crippen LogP contribution in [0.4, 0.5) is 0 Å². The second-order valence-electron chi connectivity index (χ2n) is 9.75. The molecule has 5 heteroatoms. The van der Waals surface area contributed by atoms with Crippen molar-refractivity contribution in [2.45, 2.75) is 82.7 Å². The van der Waals surface area contributed by atoms with E-state index in [2.05, 4.69) is 15.9 Å². The summed E-state index contributed by atoms with van der Waals surface area (Å²) in [6.45, 7) is 4.53. The van der Waals surface area contributed by atoms with Gasteiger partial charge < -0.3 is 10.6 Å². The number of hydrogen-bond acceptors (Lipinski definition) is 3. The lowest BCUT2D eigenvalue weighted by molar-refractivity contribution is -0.130. The highest BCUT2D eigenvalue weighted by molar-refractivity contribution is 5.92. The van der Waals surface area contributed by atoms with Gasteiger partial charge in [0.05, 0.1) is 0 Å². The molecule has 2 bridgehead atoms. The van der Waals surface area contributed by atoms with E-state index in [4.69, 9.17) is 5.73 Å². The normalized spacial score (nSPS) is 27.2. The van der Waals surface area contributed by atoms with Crippen molar-refractivity contribution in [1.29, 1.82) is 0 Å². The Morgan fingerprint density at radius 3 is 2.40 bits per heavy atom. The van der Waals surface area contributed by atoms with Crippen LogP contribution in [-0.4, -0.2) is 53.3 Å². The molecule has 5 nitrogen and oxygen atoms in total. The van der Waals surface area contributed by atoms with Gasteiger partial charge in [0.25, 0.3) is 0 Å². The van der Waals surface area contributed by atoms with E-state index >= 15 is 0 Å². The monoisotopic (exact) mass is 411 g/mol. The first-order valence-corrected chi connectivity index (χ1v) is 11.9. The van der Waals surface area contributed by atoms with Gasteiger partial charge in [-0.3, -0.25) is 14.5 Å². The Labute approximate surface area is 181 Å². The van der Waals surface area contributed by atoms with Crippen molar-refractivity contribution in [3.05, 3.63) is 35.4 Å². The molecule has 0 spiro atoms. The van der Waals surface area contributed by atoms with Crippen LogP contribution in [0.25, 0.3) is 0 Å². The van der Waals surface area contributed by atoms with Gasteiger partial charge in [0.15, 0.2) is 0 Å². The van der Waals surface area contributed by atoms with Gasteiger partial charge in [0.2, 0.25) is 11.8 Å². The zero-order valence-electron chi connectivity index (χ0n) is 18.4. The van der Waals surface area contributed by atoms with Crippen molar-refractivity contribution in [3.63, 3.8) is 0 Å². The summed E-state index contributed by atoms with van der Waals surface area (Å²) in [5.74, 6) is 1.08. The van der Waals surface area contributed by atoms with Crippen LogP contribution in [0.3, 0.4) is 0 Å². The van der Waals surface area contributed by atoms with Crippen LogP contribution in [0.1, 0.15) is 86.6 Å². The lowest BCUT2D eigenvalue weighted by Gasteiger charge is -2.40. The van der Waals surface area contributed by atoms with Crippen LogP contribution >= 0.6 is 0 Å². The number of benzene rings is 1. The number of nitrogens with two attached hydrogens (primary N) is 1. The Morgan fingerprint density at radius 2 is 1.77 bits per heavy atom. The van der Waals surface area contributed by atoms with Crippen LogP contribution in [0.15, 0.2) is 24.3 Å². The SMILES string of the molecule is CC(=O)N(CCN1[C@@H]2CC[C@H]1CC(c1cccc(C(N)=O)c1)C2)CC1CCCCC1. The highest BCUT2D eigenvalue weighted by Crippen LogP contribution is 2.43. The lowest BCUT2D eigenvalue weighted by Crippen LogP contribution is -2.47. The molecule has 1 saturated carbocycles. The predicted molar refractivity (Wildman–Crippen MR) is 119 cm³/mol. The number of primary amides is 1. The summed E-state index contributed by atoms with van der Waals surface area (Å²) in [6.07, 6.45) is 11.4. The van der Waals surface area contributed by atoms with Crippen molar-refractivity contribution in [1.82, 2.24) is 9.80 Å². The molecule has 3 aliphatic rings. The number of carbonyl (C=O) groups excluding carboxylic acids is 2. The molecule has 2 amide bonds. The quantitative estimate of drug-likeness (QED) is 0.739. The Morgan fingerprint density at radius 1 is 1.07 bits per heavy atom. The second-order valence-corrected chi connectivity index (χ2v) is 9.75. The molecule has 2 N–H and O–H groups in total. The van der Waals surface area contributed by atoms with Crippen molar-refractivity contribution in [2.24, 2.45) is 11.7 Å². The third kappa shape index (κ3) is 4.88. The average molecular weight is 412 g/mol. The molecular formula is C25H37N3O2. The Hall–Kier alpha value is -1.88. The highest BCUT2D eigenvalue weighted by Gasteiger charge is 2.41. The minimum absolute atomic E-state index is 0.228. The van der Waals surface area contributed by atoms with E-state index in [9.17, 15) is 9.59 Å². The largest absolute Gasteiger partial charge is 0.366 e. The minimum atomic E-state index is -0.348. The van der Waals surface area contributed by atoms with Crippen LogP contribution in [0.2, 0.25) is 0 Å². The molecule has 3 atom stereocenters. The number of rotatable bonds is 7. The molecule has 1 unspecified atom stereocenters. The molecular weight excluding hydrogens is 374 g/mol. The standard InChI is InChI=1S/C25H37N3O2/c1-18(29)27(17-19-6-3-2-4-7-19)12-13-28-23-10-11-24(28)16-22(15-23)20-8-5-9-21(14-20)25(26)30/h5,8-9,14,19,22-24H,2-4,6-7,10-13,15-17H2,1H3,(H2,26,30)/t22?,23-,24+. The van der Waals surface area contributed by atoms with E-state index in [0.29, 0.717) is 29.5 Å². The van der Waals surface area contributed by atoms with Gasteiger partial charge in [-0.1, -0.05) is 31.4 Å². The van der Waals surface area contributed by atoms with E-state index in [1.54, 1.807) is 13.0 Å². The maximum Gasteiger partial charge on any atom is 0.248 e. The van der Waals surface area contributed by atoms with E-state index in [0.717, 1.165) is 32.5 Å². The summed E-state index contributed by atoms with van der Waals surface area (Å²) in [7, 11) is 0. The number of carbonyl (C=O) groups is 2. The van der Waals surface area contributed by atoms with Gasteiger partial charge in [-0.15, -0.1) is 0 Å². The van der Waals surface area contributed by atoms with E-state index in [-0.39, 0.29) is 11.8 Å². The van der Waals surface area contributed by atoms with Gasteiger partial charge in [0, 0.05) is 44.2 Å². The number of amides is 2. The highest BCUT2D eigenvalue weighted by atomic mass is 16.2. The summed E-state index contributed by atoms with van der Waals surface area (Å²) in [6, 6.07) is 9.08. The van der Waals surface area contributed by atoms with E-state index in [1.807, 2.05) is 12.1 Å². The van der Waals surface area contributed by atoms with E-state index in [1.165, 1.54) is 50.5 Å². The molecule has 1 aromatic rings. The fraction of sp³-hybridized carbons (Fsp3) is 0.680.